The molecule has 5 heteroatoms. The van der Waals surface area contributed by atoms with E-state index < -0.39 is 15.8 Å². The van der Waals surface area contributed by atoms with Crippen LogP contribution in [-0.2, 0) is 30.3 Å². The monoisotopic (exact) mass is 805 g/mol. The van der Waals surface area contributed by atoms with Gasteiger partial charge >= 0.3 is 19.5 Å². The molecule has 0 N–H and O–H groups in total. The Morgan fingerprint density at radius 1 is 0.442 bits per heavy atom. The molecule has 2 nitrogen and oxygen atoms in total. The van der Waals surface area contributed by atoms with Crippen LogP contribution in [0.5, 0.6) is 0 Å². The normalized spacial score (nSPS) is 12.0. The molecule has 0 amide bonds. The van der Waals surface area contributed by atoms with Crippen LogP contribution in [0.25, 0.3) is 0 Å². The Morgan fingerprint density at radius 2 is 0.769 bits per heavy atom. The average molecular weight is 805 g/mol. The number of nitrogens with zero attached hydrogens (tertiary/aromatic N) is 2. The fraction of sp³-hybridized carbons (Fsp3) is 0.191. The van der Waals surface area contributed by atoms with Crippen LogP contribution < -0.4 is 32.1 Å². The minimum absolute atomic E-state index is 0. The molecule has 0 atom stereocenters. The molecule has 1 aliphatic rings. The number of allylic oxidation sites excluding steroid dienone is 4. The van der Waals surface area contributed by atoms with E-state index >= 15 is 0 Å². The van der Waals surface area contributed by atoms with Gasteiger partial charge in [-0.05, 0) is 45.5 Å². The molecule has 0 spiro atoms. The molecule has 2 heterocycles. The zero-order chi connectivity index (χ0) is 36.1. The zero-order valence-corrected chi connectivity index (χ0v) is 34.6. The Balaban J connectivity index is 0.000000201. The first-order valence-electron chi connectivity index (χ1n) is 17.6. The minimum Gasteiger partial charge on any atom is -0.273 e. The SMILES string of the molecule is CC(C)(C)c1cccc(P(c2ccccc2)c2ccccc2)n1.CC(C)(C)c1cccc(P(c2ccccc2)c2ccccc2)n1.[C-]1=CC=CC1.[Ru+]. The van der Waals surface area contributed by atoms with Crippen molar-refractivity contribution < 1.29 is 19.5 Å². The smallest absolute Gasteiger partial charge is 0.273 e. The van der Waals surface area contributed by atoms with Gasteiger partial charge in [-0.3, -0.25) is 16.0 Å². The number of benzene rings is 4. The average Bonchev–Trinajstić information content (AvgIpc) is 3.75. The summed E-state index contributed by atoms with van der Waals surface area (Å²) in [6.45, 7) is 13.3. The van der Waals surface area contributed by atoms with Crippen molar-refractivity contribution in [2.75, 3.05) is 0 Å². The van der Waals surface area contributed by atoms with Crippen LogP contribution in [0.1, 0.15) is 59.4 Å². The van der Waals surface area contributed by atoms with Crippen molar-refractivity contribution in [1.29, 1.82) is 0 Å². The van der Waals surface area contributed by atoms with E-state index in [1.807, 2.05) is 12.2 Å². The van der Waals surface area contributed by atoms with Crippen LogP contribution in [0.2, 0.25) is 0 Å². The quantitative estimate of drug-likeness (QED) is 0.0953. The van der Waals surface area contributed by atoms with Gasteiger partial charge in [0.2, 0.25) is 0 Å². The van der Waals surface area contributed by atoms with Crippen molar-refractivity contribution in [2.24, 2.45) is 0 Å². The van der Waals surface area contributed by atoms with Crippen molar-refractivity contribution in [1.82, 2.24) is 9.97 Å². The summed E-state index contributed by atoms with van der Waals surface area (Å²) >= 11 is 0. The molecule has 0 bridgehead atoms. The first kappa shape index (κ1) is 40.9. The Bertz CT molecular complexity index is 1760. The van der Waals surface area contributed by atoms with Gasteiger partial charge in [0.15, 0.2) is 0 Å². The Kier molecular flexibility index (Phi) is 15.6. The predicted molar refractivity (Wildman–Crippen MR) is 225 cm³/mol. The van der Waals surface area contributed by atoms with Crippen LogP contribution >= 0.6 is 15.8 Å². The van der Waals surface area contributed by atoms with Crippen LogP contribution in [0.4, 0.5) is 0 Å². The van der Waals surface area contributed by atoms with Gasteiger partial charge in [0.1, 0.15) is 0 Å². The van der Waals surface area contributed by atoms with Crippen LogP contribution in [0.15, 0.2) is 176 Å². The van der Waals surface area contributed by atoms with E-state index in [2.05, 4.69) is 211 Å². The van der Waals surface area contributed by atoms with E-state index in [9.17, 15) is 0 Å². The molecule has 6 aromatic rings. The van der Waals surface area contributed by atoms with Crippen LogP contribution in [-0.4, -0.2) is 9.97 Å². The summed E-state index contributed by atoms with van der Waals surface area (Å²) in [5.41, 5.74) is 4.76. The molecular formula is C47H49N2P2Ru. The maximum absolute atomic E-state index is 5.03. The molecule has 265 valence electrons. The summed E-state index contributed by atoms with van der Waals surface area (Å²) in [5.74, 6) is 0. The summed E-state index contributed by atoms with van der Waals surface area (Å²) < 4.78 is 0. The topological polar surface area (TPSA) is 25.8 Å². The molecule has 0 fully saturated rings. The summed E-state index contributed by atoms with van der Waals surface area (Å²) in [6, 6.07) is 55.8. The molecule has 0 saturated heterocycles. The first-order valence-corrected chi connectivity index (χ1v) is 20.3. The molecule has 1 aliphatic carbocycles. The van der Waals surface area contributed by atoms with Crippen molar-refractivity contribution in [3.8, 4) is 0 Å². The van der Waals surface area contributed by atoms with Gasteiger partial charge < -0.3 is 0 Å². The van der Waals surface area contributed by atoms with Crippen molar-refractivity contribution in [2.45, 2.75) is 58.8 Å². The molecular weight excluding hydrogens is 756 g/mol. The molecule has 52 heavy (non-hydrogen) atoms. The first-order chi connectivity index (χ1) is 24.6. The third-order valence-electron chi connectivity index (χ3n) is 8.11. The summed E-state index contributed by atoms with van der Waals surface area (Å²) in [7, 11) is -1.24. The third-order valence-corrected chi connectivity index (χ3v) is 12.8. The fourth-order valence-electron chi connectivity index (χ4n) is 5.41. The molecule has 0 aliphatic heterocycles. The molecule has 4 aromatic carbocycles. The van der Waals surface area contributed by atoms with Gasteiger partial charge in [-0.25, -0.2) is 12.2 Å². The summed E-state index contributed by atoms with van der Waals surface area (Å²) in [4.78, 5) is 10.1. The maximum Gasteiger partial charge on any atom is 1.00 e. The molecule has 0 saturated carbocycles. The summed E-state index contributed by atoms with van der Waals surface area (Å²) in [6.07, 6.45) is 10.0. The number of hydrogen-bond acceptors (Lipinski definition) is 2. The molecule has 1 radical (unpaired) electrons. The van der Waals surface area contributed by atoms with Crippen LogP contribution in [0.3, 0.4) is 0 Å². The van der Waals surface area contributed by atoms with Crippen molar-refractivity contribution in [3.05, 3.63) is 193 Å². The van der Waals surface area contributed by atoms with Crippen molar-refractivity contribution >= 4 is 47.9 Å². The van der Waals surface area contributed by atoms with Gasteiger partial charge in [0, 0.05) is 38.1 Å². The van der Waals surface area contributed by atoms with E-state index in [4.69, 9.17) is 9.97 Å². The van der Waals surface area contributed by atoms with E-state index in [0.717, 1.165) is 17.8 Å². The molecule has 0 unspecified atom stereocenters. The Hall–Kier alpha value is -3.86. The second-order valence-electron chi connectivity index (χ2n) is 14.3. The predicted octanol–water partition coefficient (Wildman–Crippen LogP) is 9.58. The van der Waals surface area contributed by atoms with Gasteiger partial charge in [-0.2, -0.15) is 6.08 Å². The molecule has 7 rings (SSSR count). The third kappa shape index (κ3) is 11.8. The standard InChI is InChI=1S/2C21H22NP.C5H5.Ru/c2*1-21(2,3)19-15-10-16-20(22-19)23(17-11-6-4-7-12-17)18-13-8-5-9-14-18;1-2-4-5-3-1;/h2*4-16H,1-3H3;1-3H,4H2;/q;;-1;+1. The largest absolute Gasteiger partial charge is 1.00 e. The number of pyridine rings is 2. The van der Waals surface area contributed by atoms with E-state index in [1.165, 1.54) is 32.1 Å². The summed E-state index contributed by atoms with van der Waals surface area (Å²) in [5, 5.41) is 5.36. The Morgan fingerprint density at radius 3 is 1.00 bits per heavy atom. The minimum atomic E-state index is -0.620. The Labute approximate surface area is 327 Å². The van der Waals surface area contributed by atoms with E-state index in [-0.39, 0.29) is 30.3 Å². The maximum atomic E-state index is 5.03. The van der Waals surface area contributed by atoms with Gasteiger partial charge in [-0.15, -0.1) is 6.42 Å². The van der Waals surface area contributed by atoms with Crippen molar-refractivity contribution in [3.63, 3.8) is 0 Å². The van der Waals surface area contributed by atoms with Gasteiger partial charge in [0.05, 0.1) is 10.9 Å². The van der Waals surface area contributed by atoms with Gasteiger partial charge in [0.25, 0.3) is 0 Å². The number of aromatic nitrogens is 2. The van der Waals surface area contributed by atoms with E-state index in [1.54, 1.807) is 0 Å². The zero-order valence-electron chi connectivity index (χ0n) is 31.1. The van der Waals surface area contributed by atoms with Crippen LogP contribution in [0, 0.1) is 6.08 Å². The number of rotatable bonds is 6. The molecule has 2 aromatic heterocycles. The van der Waals surface area contributed by atoms with Gasteiger partial charge in [-0.1, -0.05) is 175 Å². The second kappa shape index (κ2) is 19.8. The second-order valence-corrected chi connectivity index (χ2v) is 18.6. The number of hydrogen-bond donors (Lipinski definition) is 0. The fourth-order valence-corrected chi connectivity index (χ4v) is 9.83. The van der Waals surface area contributed by atoms with E-state index in [0.29, 0.717) is 0 Å².